The summed E-state index contributed by atoms with van der Waals surface area (Å²) in [6.45, 7) is 3.49. The van der Waals surface area contributed by atoms with E-state index in [0.29, 0.717) is 31.6 Å². The van der Waals surface area contributed by atoms with Crippen molar-refractivity contribution in [3.05, 3.63) is 35.4 Å². The number of rotatable bonds is 6. The number of nitrogens with zero attached hydrogens (tertiary/aromatic N) is 2. The molecule has 25 heavy (non-hydrogen) atoms. The second kappa shape index (κ2) is 8.65. The Balaban J connectivity index is 1.93. The van der Waals surface area contributed by atoms with Crippen molar-refractivity contribution in [3.8, 4) is 0 Å². The molecule has 6 nitrogen and oxygen atoms in total. The molecule has 1 aromatic rings. The molecule has 6 heteroatoms. The first-order valence-electron chi connectivity index (χ1n) is 8.71. The summed E-state index contributed by atoms with van der Waals surface area (Å²) in [7, 11) is 1.70. The van der Waals surface area contributed by atoms with E-state index in [1.54, 1.807) is 16.8 Å². The van der Waals surface area contributed by atoms with E-state index in [4.69, 9.17) is 5.11 Å². The molecule has 1 heterocycles. The number of carbonyl (C=O) groups is 3. The molecule has 2 amide bonds. The van der Waals surface area contributed by atoms with Gasteiger partial charge in [-0.15, -0.1) is 0 Å². The zero-order valence-corrected chi connectivity index (χ0v) is 14.9. The van der Waals surface area contributed by atoms with Gasteiger partial charge in [-0.2, -0.15) is 0 Å². The van der Waals surface area contributed by atoms with Gasteiger partial charge in [-0.25, -0.2) is 0 Å². The second-order valence-electron chi connectivity index (χ2n) is 6.71. The quantitative estimate of drug-likeness (QED) is 0.856. The average Bonchev–Trinajstić information content (AvgIpc) is 2.60. The first-order chi connectivity index (χ1) is 11.9. The maximum absolute atomic E-state index is 12.6. The molecule has 0 bridgehead atoms. The summed E-state index contributed by atoms with van der Waals surface area (Å²) >= 11 is 0. The summed E-state index contributed by atoms with van der Waals surface area (Å²) in [6.07, 6.45) is 2.06. The van der Waals surface area contributed by atoms with Crippen molar-refractivity contribution in [3.63, 3.8) is 0 Å². The SMILES string of the molecule is Cc1ccc(C(=O)N2CCCC(C(=O)N(C)CCCC(=O)O)C2)cc1. The molecule has 0 aromatic heterocycles. The maximum Gasteiger partial charge on any atom is 0.303 e. The van der Waals surface area contributed by atoms with Crippen LogP contribution in [0.2, 0.25) is 0 Å². The Hall–Kier alpha value is -2.37. The van der Waals surface area contributed by atoms with E-state index in [-0.39, 0.29) is 24.2 Å². The molecular formula is C19H26N2O4. The summed E-state index contributed by atoms with van der Waals surface area (Å²) in [5.74, 6) is -1.11. The topological polar surface area (TPSA) is 77.9 Å². The zero-order valence-electron chi connectivity index (χ0n) is 14.9. The lowest BCUT2D eigenvalue weighted by Crippen LogP contribution is -2.46. The minimum atomic E-state index is -0.853. The fourth-order valence-corrected chi connectivity index (χ4v) is 3.13. The third-order valence-electron chi connectivity index (χ3n) is 4.62. The van der Waals surface area contributed by atoms with E-state index in [1.807, 2.05) is 31.2 Å². The number of hydrogen-bond donors (Lipinski definition) is 1. The molecule has 136 valence electrons. The van der Waals surface area contributed by atoms with Gasteiger partial charge in [0.25, 0.3) is 5.91 Å². The van der Waals surface area contributed by atoms with Gasteiger partial charge in [0.1, 0.15) is 0 Å². The standard InChI is InChI=1S/C19H26N2O4/c1-14-7-9-15(10-8-14)19(25)21-12-3-5-16(13-21)18(24)20(2)11-4-6-17(22)23/h7-10,16H,3-6,11-13H2,1-2H3,(H,22,23). The van der Waals surface area contributed by atoms with E-state index in [1.165, 1.54) is 0 Å². The molecule has 2 rings (SSSR count). The van der Waals surface area contributed by atoms with Crippen molar-refractivity contribution in [2.45, 2.75) is 32.6 Å². The van der Waals surface area contributed by atoms with Crippen molar-refractivity contribution in [2.24, 2.45) is 5.92 Å². The number of aliphatic carboxylic acids is 1. The summed E-state index contributed by atoms with van der Waals surface area (Å²) in [4.78, 5) is 39.1. The summed E-state index contributed by atoms with van der Waals surface area (Å²) < 4.78 is 0. The van der Waals surface area contributed by atoms with Crippen LogP contribution in [0.1, 0.15) is 41.6 Å². The van der Waals surface area contributed by atoms with Crippen molar-refractivity contribution in [1.29, 1.82) is 0 Å². The van der Waals surface area contributed by atoms with Crippen LogP contribution in [0.4, 0.5) is 0 Å². The van der Waals surface area contributed by atoms with Crippen LogP contribution in [0.25, 0.3) is 0 Å². The number of piperidine rings is 1. The number of carboxylic acids is 1. The van der Waals surface area contributed by atoms with Crippen LogP contribution in [0.15, 0.2) is 24.3 Å². The van der Waals surface area contributed by atoms with Gasteiger partial charge in [0.15, 0.2) is 0 Å². The molecule has 1 atom stereocenters. The number of carbonyl (C=O) groups excluding carboxylic acids is 2. The van der Waals surface area contributed by atoms with Crippen LogP contribution >= 0.6 is 0 Å². The average molecular weight is 346 g/mol. The lowest BCUT2D eigenvalue weighted by molar-refractivity contribution is -0.139. The van der Waals surface area contributed by atoms with Crippen LogP contribution in [0.5, 0.6) is 0 Å². The highest BCUT2D eigenvalue weighted by Gasteiger charge is 2.30. The van der Waals surface area contributed by atoms with Gasteiger partial charge in [0.2, 0.25) is 5.91 Å². The normalized spacial score (nSPS) is 17.2. The van der Waals surface area contributed by atoms with Gasteiger partial charge in [-0.3, -0.25) is 14.4 Å². The van der Waals surface area contributed by atoms with E-state index in [0.717, 1.165) is 18.4 Å². The number of amides is 2. The van der Waals surface area contributed by atoms with E-state index in [2.05, 4.69) is 0 Å². The third-order valence-corrected chi connectivity index (χ3v) is 4.62. The van der Waals surface area contributed by atoms with Crippen molar-refractivity contribution in [2.75, 3.05) is 26.7 Å². The van der Waals surface area contributed by atoms with Gasteiger partial charge in [-0.05, 0) is 38.3 Å². The predicted octanol–water partition coefficient (Wildman–Crippen LogP) is 2.17. The Labute approximate surface area is 148 Å². The molecule has 1 fully saturated rings. The van der Waals surface area contributed by atoms with Gasteiger partial charge < -0.3 is 14.9 Å². The van der Waals surface area contributed by atoms with Crippen LogP contribution in [-0.4, -0.2) is 59.4 Å². The molecule has 1 unspecified atom stereocenters. The predicted molar refractivity (Wildman–Crippen MR) is 94.3 cm³/mol. The molecule has 1 saturated heterocycles. The largest absolute Gasteiger partial charge is 0.481 e. The fourth-order valence-electron chi connectivity index (χ4n) is 3.13. The Morgan fingerprint density at radius 2 is 1.92 bits per heavy atom. The smallest absolute Gasteiger partial charge is 0.303 e. The molecule has 0 aliphatic carbocycles. The molecule has 0 saturated carbocycles. The van der Waals surface area contributed by atoms with E-state index < -0.39 is 5.97 Å². The molecule has 1 aliphatic heterocycles. The van der Waals surface area contributed by atoms with Crippen molar-refractivity contribution < 1.29 is 19.5 Å². The fraction of sp³-hybridized carbons (Fsp3) is 0.526. The minimum absolute atomic E-state index is 0.00760. The highest BCUT2D eigenvalue weighted by molar-refractivity contribution is 5.94. The Kier molecular flexibility index (Phi) is 6.56. The third kappa shape index (κ3) is 5.31. The second-order valence-corrected chi connectivity index (χ2v) is 6.71. The number of aryl methyl sites for hydroxylation is 1. The molecule has 1 aliphatic rings. The molecule has 1 N–H and O–H groups in total. The highest BCUT2D eigenvalue weighted by Crippen LogP contribution is 2.21. The van der Waals surface area contributed by atoms with Crippen molar-refractivity contribution >= 4 is 17.8 Å². The van der Waals surface area contributed by atoms with E-state index in [9.17, 15) is 14.4 Å². The molecule has 0 spiro atoms. The Morgan fingerprint density at radius 3 is 2.56 bits per heavy atom. The number of hydrogen-bond acceptors (Lipinski definition) is 3. The summed E-state index contributed by atoms with van der Waals surface area (Å²) in [6, 6.07) is 7.47. The lowest BCUT2D eigenvalue weighted by atomic mass is 9.95. The molecule has 1 aromatic carbocycles. The Morgan fingerprint density at radius 1 is 1.24 bits per heavy atom. The first kappa shape index (κ1) is 19.0. The van der Waals surface area contributed by atoms with E-state index >= 15 is 0 Å². The molecular weight excluding hydrogens is 320 g/mol. The van der Waals surface area contributed by atoms with Gasteiger partial charge in [0.05, 0.1) is 5.92 Å². The first-order valence-corrected chi connectivity index (χ1v) is 8.71. The van der Waals surface area contributed by atoms with Gasteiger partial charge in [0, 0.05) is 38.7 Å². The highest BCUT2D eigenvalue weighted by atomic mass is 16.4. The summed E-state index contributed by atoms with van der Waals surface area (Å²) in [5, 5.41) is 8.69. The number of carboxylic acid groups (broad SMARTS) is 1. The van der Waals surface area contributed by atoms with Crippen LogP contribution in [0.3, 0.4) is 0 Å². The van der Waals surface area contributed by atoms with Crippen LogP contribution < -0.4 is 0 Å². The maximum atomic E-state index is 12.6. The number of benzene rings is 1. The van der Waals surface area contributed by atoms with Crippen LogP contribution in [0, 0.1) is 12.8 Å². The van der Waals surface area contributed by atoms with Gasteiger partial charge >= 0.3 is 5.97 Å². The van der Waals surface area contributed by atoms with Crippen LogP contribution in [-0.2, 0) is 9.59 Å². The Bertz CT molecular complexity index is 627. The molecule has 0 radical (unpaired) electrons. The van der Waals surface area contributed by atoms with Crippen molar-refractivity contribution in [1.82, 2.24) is 9.80 Å². The zero-order chi connectivity index (χ0) is 18.4. The summed E-state index contributed by atoms with van der Waals surface area (Å²) in [5.41, 5.74) is 1.75. The number of likely N-dealkylation sites (tertiary alicyclic amines) is 1. The lowest BCUT2D eigenvalue weighted by Gasteiger charge is -2.34. The van der Waals surface area contributed by atoms with Gasteiger partial charge in [-0.1, -0.05) is 17.7 Å². The minimum Gasteiger partial charge on any atom is -0.481 e. The monoisotopic (exact) mass is 346 g/mol.